The Kier molecular flexibility index (Phi) is 11.3. The lowest BCUT2D eigenvalue weighted by Gasteiger charge is -2.35. The zero-order chi connectivity index (χ0) is 17.7. The van der Waals surface area contributed by atoms with E-state index in [0.29, 0.717) is 6.54 Å². The van der Waals surface area contributed by atoms with Crippen LogP contribution in [0.3, 0.4) is 0 Å². The first kappa shape index (κ1) is 21.5. The van der Waals surface area contributed by atoms with Crippen LogP contribution in [-0.4, -0.2) is 25.0 Å². The number of ether oxygens (including phenoxy) is 2. The van der Waals surface area contributed by atoms with E-state index in [-0.39, 0.29) is 0 Å². The Morgan fingerprint density at radius 3 is 2.09 bits per heavy atom. The molecule has 1 atom stereocenters. The van der Waals surface area contributed by atoms with Crippen LogP contribution < -0.4 is 11.1 Å². The Bertz CT molecular complexity index is 341. The number of nitrogens with one attached hydrogen (secondary N) is 1. The van der Waals surface area contributed by atoms with Crippen molar-refractivity contribution >= 4 is 12.2 Å². The molecular weight excluding hydrogens is 296 g/mol. The number of primary amides is 1. The second-order valence-corrected chi connectivity index (χ2v) is 6.32. The summed E-state index contributed by atoms with van der Waals surface area (Å²) in [5.74, 6) is 0. The standard InChI is InChI=1S/C17H34N2O4/c1-5-8-9-10-13-19-16(21)23-14(22-15(18)20)17(4,11-6-2)12-7-3/h14H,5-13H2,1-4H3,(H2,18,20)(H,19,21). The molecule has 0 spiro atoms. The lowest BCUT2D eigenvalue weighted by atomic mass is 9.80. The van der Waals surface area contributed by atoms with Gasteiger partial charge in [0.1, 0.15) is 0 Å². The third-order valence-electron chi connectivity index (χ3n) is 3.95. The molecule has 6 heteroatoms. The highest BCUT2D eigenvalue weighted by Gasteiger charge is 2.38. The monoisotopic (exact) mass is 330 g/mol. The van der Waals surface area contributed by atoms with Crippen molar-refractivity contribution in [3.05, 3.63) is 0 Å². The van der Waals surface area contributed by atoms with Gasteiger partial charge in [0.05, 0.1) is 0 Å². The van der Waals surface area contributed by atoms with E-state index in [1.54, 1.807) is 0 Å². The zero-order valence-electron chi connectivity index (χ0n) is 15.2. The number of nitrogens with two attached hydrogens (primary N) is 1. The van der Waals surface area contributed by atoms with E-state index in [4.69, 9.17) is 15.2 Å². The smallest absolute Gasteiger partial charge is 0.408 e. The number of unbranched alkanes of at least 4 members (excludes halogenated alkanes) is 3. The molecule has 0 aromatic carbocycles. The van der Waals surface area contributed by atoms with Crippen molar-refractivity contribution in [2.75, 3.05) is 6.54 Å². The number of hydrogen-bond donors (Lipinski definition) is 2. The van der Waals surface area contributed by atoms with Crippen LogP contribution in [-0.2, 0) is 9.47 Å². The Morgan fingerprint density at radius 1 is 1.00 bits per heavy atom. The topological polar surface area (TPSA) is 90.7 Å². The van der Waals surface area contributed by atoms with Gasteiger partial charge in [-0.1, -0.05) is 59.8 Å². The van der Waals surface area contributed by atoms with Crippen LogP contribution in [0.15, 0.2) is 0 Å². The summed E-state index contributed by atoms with van der Waals surface area (Å²) in [6.45, 7) is 8.74. The number of carbonyl (C=O) groups excluding carboxylic acids is 2. The van der Waals surface area contributed by atoms with Crippen LogP contribution in [0.1, 0.15) is 79.1 Å². The third-order valence-corrected chi connectivity index (χ3v) is 3.95. The molecule has 0 aliphatic heterocycles. The maximum absolute atomic E-state index is 12.0. The van der Waals surface area contributed by atoms with Crippen molar-refractivity contribution < 1.29 is 19.1 Å². The number of rotatable bonds is 12. The van der Waals surface area contributed by atoms with Gasteiger partial charge >= 0.3 is 12.2 Å². The Morgan fingerprint density at radius 2 is 1.61 bits per heavy atom. The number of amides is 2. The minimum Gasteiger partial charge on any atom is -0.408 e. The molecule has 0 rings (SSSR count). The van der Waals surface area contributed by atoms with Gasteiger partial charge in [-0.25, -0.2) is 9.59 Å². The van der Waals surface area contributed by atoms with E-state index < -0.39 is 23.9 Å². The fourth-order valence-corrected chi connectivity index (χ4v) is 2.80. The van der Waals surface area contributed by atoms with Gasteiger partial charge in [0.15, 0.2) is 0 Å². The van der Waals surface area contributed by atoms with Crippen LogP contribution in [0, 0.1) is 5.41 Å². The fourth-order valence-electron chi connectivity index (χ4n) is 2.80. The van der Waals surface area contributed by atoms with Gasteiger partial charge in [-0.05, 0) is 19.3 Å². The molecule has 0 aliphatic rings. The molecule has 0 saturated carbocycles. The molecule has 2 amide bonds. The average Bonchev–Trinajstić information content (AvgIpc) is 2.46. The first-order valence-electron chi connectivity index (χ1n) is 8.80. The molecule has 0 aromatic heterocycles. The molecule has 0 radical (unpaired) electrons. The van der Waals surface area contributed by atoms with Crippen molar-refractivity contribution in [1.29, 1.82) is 0 Å². The highest BCUT2D eigenvalue weighted by molar-refractivity contribution is 5.68. The first-order valence-corrected chi connectivity index (χ1v) is 8.80. The van der Waals surface area contributed by atoms with E-state index >= 15 is 0 Å². The van der Waals surface area contributed by atoms with Gasteiger partial charge in [-0.2, -0.15) is 0 Å². The molecule has 0 aromatic rings. The van der Waals surface area contributed by atoms with E-state index in [2.05, 4.69) is 12.2 Å². The molecule has 0 heterocycles. The lowest BCUT2D eigenvalue weighted by Crippen LogP contribution is -2.43. The zero-order valence-corrected chi connectivity index (χ0v) is 15.2. The molecular formula is C17H34N2O4. The molecule has 136 valence electrons. The van der Waals surface area contributed by atoms with Gasteiger partial charge in [0.25, 0.3) is 6.29 Å². The highest BCUT2D eigenvalue weighted by Crippen LogP contribution is 2.35. The van der Waals surface area contributed by atoms with Gasteiger partial charge in [0, 0.05) is 12.0 Å². The number of hydrogen-bond acceptors (Lipinski definition) is 4. The molecule has 0 saturated heterocycles. The van der Waals surface area contributed by atoms with Crippen LogP contribution in [0.5, 0.6) is 0 Å². The SMILES string of the molecule is CCCCCCNC(=O)OC(OC(N)=O)C(C)(CCC)CCC. The van der Waals surface area contributed by atoms with Crippen molar-refractivity contribution in [2.24, 2.45) is 11.1 Å². The molecule has 0 aliphatic carbocycles. The largest absolute Gasteiger partial charge is 0.410 e. The van der Waals surface area contributed by atoms with Crippen LogP contribution in [0.4, 0.5) is 9.59 Å². The van der Waals surface area contributed by atoms with Gasteiger partial charge in [-0.15, -0.1) is 0 Å². The maximum atomic E-state index is 12.0. The van der Waals surface area contributed by atoms with Crippen LogP contribution in [0.25, 0.3) is 0 Å². The quantitative estimate of drug-likeness (QED) is 0.412. The van der Waals surface area contributed by atoms with Gasteiger partial charge in [-0.3, -0.25) is 0 Å². The summed E-state index contributed by atoms with van der Waals surface area (Å²) in [7, 11) is 0. The van der Waals surface area contributed by atoms with E-state index in [1.165, 1.54) is 0 Å². The molecule has 0 fully saturated rings. The summed E-state index contributed by atoms with van der Waals surface area (Å²) >= 11 is 0. The minimum atomic E-state index is -0.962. The normalized spacial score (nSPS) is 12.5. The lowest BCUT2D eigenvalue weighted by molar-refractivity contribution is -0.138. The van der Waals surface area contributed by atoms with Crippen molar-refractivity contribution in [3.8, 4) is 0 Å². The minimum absolute atomic E-state index is 0.432. The van der Waals surface area contributed by atoms with Crippen molar-refractivity contribution in [2.45, 2.75) is 85.4 Å². The highest BCUT2D eigenvalue weighted by atomic mass is 16.7. The molecule has 3 N–H and O–H groups in total. The fraction of sp³-hybridized carbons (Fsp3) is 0.882. The van der Waals surface area contributed by atoms with Crippen molar-refractivity contribution in [1.82, 2.24) is 5.32 Å². The summed E-state index contributed by atoms with van der Waals surface area (Å²) in [6, 6.07) is 0. The summed E-state index contributed by atoms with van der Waals surface area (Å²) in [6.07, 6.45) is 5.18. The predicted molar refractivity (Wildman–Crippen MR) is 91.0 cm³/mol. The predicted octanol–water partition coefficient (Wildman–Crippen LogP) is 4.32. The molecule has 1 unspecified atom stereocenters. The maximum Gasteiger partial charge on any atom is 0.410 e. The second-order valence-electron chi connectivity index (χ2n) is 6.32. The summed E-state index contributed by atoms with van der Waals surface area (Å²) in [5.41, 5.74) is 4.71. The summed E-state index contributed by atoms with van der Waals surface area (Å²) < 4.78 is 10.5. The number of carbonyl (C=O) groups is 2. The van der Waals surface area contributed by atoms with E-state index in [1.807, 2.05) is 20.8 Å². The molecule has 0 bridgehead atoms. The third kappa shape index (κ3) is 9.31. The Labute approximate surface area is 140 Å². The van der Waals surface area contributed by atoms with Crippen molar-refractivity contribution in [3.63, 3.8) is 0 Å². The average molecular weight is 330 g/mol. The van der Waals surface area contributed by atoms with E-state index in [0.717, 1.165) is 51.4 Å². The molecule has 23 heavy (non-hydrogen) atoms. The van der Waals surface area contributed by atoms with Crippen LogP contribution in [0.2, 0.25) is 0 Å². The molecule has 6 nitrogen and oxygen atoms in total. The van der Waals surface area contributed by atoms with E-state index in [9.17, 15) is 9.59 Å². The first-order chi connectivity index (χ1) is 10.9. The van der Waals surface area contributed by atoms with Gasteiger partial charge in [0.2, 0.25) is 0 Å². The number of alkyl carbamates (subject to hydrolysis) is 1. The Balaban J connectivity index is 4.63. The Hall–Kier alpha value is -1.46. The van der Waals surface area contributed by atoms with Crippen LogP contribution >= 0.6 is 0 Å². The second kappa shape index (κ2) is 12.0. The summed E-state index contributed by atoms with van der Waals surface area (Å²) in [5, 5.41) is 2.71. The van der Waals surface area contributed by atoms with Gasteiger partial charge < -0.3 is 20.5 Å². The summed E-state index contributed by atoms with van der Waals surface area (Å²) in [4.78, 5) is 23.1.